The van der Waals surface area contributed by atoms with E-state index in [1.165, 1.54) is 23.8 Å². The summed E-state index contributed by atoms with van der Waals surface area (Å²) in [7, 11) is 1.27. The zero-order chi connectivity index (χ0) is 28.5. The first-order valence-corrected chi connectivity index (χ1v) is 13.8. The molecule has 3 rings (SSSR count). The Morgan fingerprint density at radius 3 is 2.36 bits per heavy atom. The quantitative estimate of drug-likeness (QED) is 0.334. The van der Waals surface area contributed by atoms with Crippen LogP contribution in [0.25, 0.3) is 0 Å². The molecule has 1 aliphatic rings. The number of nitrogens with one attached hydrogen (secondary N) is 2. The predicted molar refractivity (Wildman–Crippen MR) is 148 cm³/mol. The molecule has 10 nitrogen and oxygen atoms in total. The van der Waals surface area contributed by atoms with Gasteiger partial charge >= 0.3 is 11.9 Å². The van der Waals surface area contributed by atoms with Crippen molar-refractivity contribution >= 4 is 70.3 Å². The van der Waals surface area contributed by atoms with Crippen LogP contribution in [-0.4, -0.2) is 70.5 Å². The van der Waals surface area contributed by atoms with Crippen LogP contribution in [0.2, 0.25) is 10.0 Å². The highest BCUT2D eigenvalue weighted by Crippen LogP contribution is 2.26. The third-order valence-corrected chi connectivity index (χ3v) is 7.60. The number of benzene rings is 2. The first-order valence-electron chi connectivity index (χ1n) is 11.9. The Hall–Kier alpha value is -3.28. The summed E-state index contributed by atoms with van der Waals surface area (Å²) in [6.07, 6.45) is 0.448. The number of anilines is 1. The molecule has 2 aromatic rings. The number of thioether (sulfide) groups is 1. The van der Waals surface area contributed by atoms with Gasteiger partial charge in [-0.1, -0.05) is 41.4 Å². The number of halogens is 2. The van der Waals surface area contributed by atoms with Crippen molar-refractivity contribution in [3.63, 3.8) is 0 Å². The topological polar surface area (TPSA) is 142 Å². The van der Waals surface area contributed by atoms with E-state index in [0.29, 0.717) is 29.3 Å². The van der Waals surface area contributed by atoms with Crippen molar-refractivity contribution in [1.29, 1.82) is 0 Å². The SMILES string of the molecule is COC(=O)CCCC(=O)N1CSC[C@@H]1C(=O)N[C@@H](Cc1ccc(NC(=O)c2c(Cl)cccc2Cl)cc1)C(=O)O. The molecule has 3 amide bonds. The van der Waals surface area contributed by atoms with Gasteiger partial charge in [0.05, 0.1) is 28.6 Å². The molecule has 2 aromatic carbocycles. The Balaban J connectivity index is 1.59. The van der Waals surface area contributed by atoms with Crippen molar-refractivity contribution in [2.24, 2.45) is 0 Å². The summed E-state index contributed by atoms with van der Waals surface area (Å²) in [5.41, 5.74) is 1.19. The highest BCUT2D eigenvalue weighted by atomic mass is 35.5. The van der Waals surface area contributed by atoms with Gasteiger partial charge in [-0.2, -0.15) is 0 Å². The second-order valence-electron chi connectivity index (χ2n) is 8.66. The molecular weight excluding hydrogens is 569 g/mol. The predicted octanol–water partition coefficient (Wildman–Crippen LogP) is 3.60. The van der Waals surface area contributed by atoms with Crippen LogP contribution < -0.4 is 10.6 Å². The molecule has 2 atom stereocenters. The number of carboxylic acids is 1. The molecule has 13 heteroatoms. The largest absolute Gasteiger partial charge is 0.480 e. The molecule has 3 N–H and O–H groups in total. The number of methoxy groups -OCH3 is 1. The summed E-state index contributed by atoms with van der Waals surface area (Å²) in [5.74, 6) is -2.34. The fourth-order valence-corrected chi connectivity index (χ4v) is 5.62. The van der Waals surface area contributed by atoms with Gasteiger partial charge in [0.25, 0.3) is 5.91 Å². The minimum atomic E-state index is -1.23. The molecule has 0 saturated carbocycles. The van der Waals surface area contributed by atoms with Crippen molar-refractivity contribution in [2.75, 3.05) is 24.1 Å². The third kappa shape index (κ3) is 8.35. The van der Waals surface area contributed by atoms with E-state index in [2.05, 4.69) is 15.4 Å². The van der Waals surface area contributed by atoms with Crippen LogP contribution in [0.5, 0.6) is 0 Å². The van der Waals surface area contributed by atoms with Crippen LogP contribution in [-0.2, 0) is 30.3 Å². The molecular formula is C26H27Cl2N3O7S. The van der Waals surface area contributed by atoms with Crippen LogP contribution in [0, 0.1) is 0 Å². The van der Waals surface area contributed by atoms with E-state index in [4.69, 9.17) is 23.2 Å². The molecule has 0 spiro atoms. The molecule has 0 aliphatic carbocycles. The average Bonchev–Trinajstić information content (AvgIpc) is 3.39. The fraction of sp³-hybridized carbons (Fsp3) is 0.346. The van der Waals surface area contributed by atoms with Gasteiger partial charge in [-0.3, -0.25) is 19.2 Å². The lowest BCUT2D eigenvalue weighted by Gasteiger charge is -2.25. The van der Waals surface area contributed by atoms with Gasteiger partial charge in [-0.25, -0.2) is 4.79 Å². The first kappa shape index (κ1) is 30.3. The second kappa shape index (κ2) is 14.2. The van der Waals surface area contributed by atoms with Gasteiger partial charge in [-0.05, 0) is 36.2 Å². The van der Waals surface area contributed by atoms with Crippen molar-refractivity contribution in [1.82, 2.24) is 10.2 Å². The Morgan fingerprint density at radius 2 is 1.74 bits per heavy atom. The smallest absolute Gasteiger partial charge is 0.326 e. The van der Waals surface area contributed by atoms with E-state index in [0.717, 1.165) is 0 Å². The number of ether oxygens (including phenoxy) is 1. The summed E-state index contributed by atoms with van der Waals surface area (Å²) >= 11 is 13.6. The summed E-state index contributed by atoms with van der Waals surface area (Å²) < 4.78 is 4.57. The van der Waals surface area contributed by atoms with Gasteiger partial charge in [0, 0.05) is 30.7 Å². The third-order valence-electron chi connectivity index (χ3n) is 5.96. The lowest BCUT2D eigenvalue weighted by atomic mass is 10.0. The second-order valence-corrected chi connectivity index (χ2v) is 10.5. The van der Waals surface area contributed by atoms with Crippen LogP contribution in [0.1, 0.15) is 35.2 Å². The number of carbonyl (C=O) groups excluding carboxylic acids is 4. The zero-order valence-corrected chi connectivity index (χ0v) is 23.3. The Labute approximate surface area is 239 Å². The number of esters is 1. The van der Waals surface area contributed by atoms with E-state index in [9.17, 15) is 29.1 Å². The van der Waals surface area contributed by atoms with Crippen LogP contribution in [0.15, 0.2) is 42.5 Å². The minimum absolute atomic E-state index is 0.0153. The lowest BCUT2D eigenvalue weighted by molar-refractivity contribution is -0.143. The van der Waals surface area contributed by atoms with E-state index < -0.39 is 35.8 Å². The number of carboxylic acid groups (broad SMARTS) is 1. The lowest BCUT2D eigenvalue weighted by Crippen LogP contribution is -2.52. The van der Waals surface area contributed by atoms with Crippen LogP contribution in [0.4, 0.5) is 5.69 Å². The highest BCUT2D eigenvalue weighted by molar-refractivity contribution is 7.99. The Kier molecular flexibility index (Phi) is 11.0. The highest BCUT2D eigenvalue weighted by Gasteiger charge is 2.36. The average molecular weight is 596 g/mol. The number of aliphatic carboxylic acids is 1. The maximum atomic E-state index is 12.9. The first-order chi connectivity index (χ1) is 18.6. The fourth-order valence-electron chi connectivity index (χ4n) is 3.87. The van der Waals surface area contributed by atoms with E-state index in [1.54, 1.807) is 42.5 Å². The summed E-state index contributed by atoms with van der Waals surface area (Å²) in [6.45, 7) is 0. The molecule has 0 aromatic heterocycles. The number of rotatable bonds is 11. The van der Waals surface area contributed by atoms with Gasteiger partial charge in [0.2, 0.25) is 11.8 Å². The zero-order valence-electron chi connectivity index (χ0n) is 20.9. The van der Waals surface area contributed by atoms with Crippen molar-refractivity contribution < 1.29 is 33.8 Å². The van der Waals surface area contributed by atoms with Crippen molar-refractivity contribution in [2.45, 2.75) is 37.8 Å². The molecule has 0 bridgehead atoms. The molecule has 0 radical (unpaired) electrons. The number of carbonyl (C=O) groups is 5. The van der Waals surface area contributed by atoms with Gasteiger partial charge < -0.3 is 25.4 Å². The van der Waals surface area contributed by atoms with Crippen molar-refractivity contribution in [3.8, 4) is 0 Å². The number of amides is 3. The van der Waals surface area contributed by atoms with Gasteiger partial charge in [0.15, 0.2) is 0 Å². The molecule has 0 unspecified atom stereocenters. The van der Waals surface area contributed by atoms with Crippen LogP contribution in [0.3, 0.4) is 0 Å². The van der Waals surface area contributed by atoms with Crippen molar-refractivity contribution in [3.05, 3.63) is 63.6 Å². The molecule has 1 saturated heterocycles. The monoisotopic (exact) mass is 595 g/mol. The Morgan fingerprint density at radius 1 is 1.08 bits per heavy atom. The number of hydrogen-bond acceptors (Lipinski definition) is 7. The van der Waals surface area contributed by atoms with E-state index >= 15 is 0 Å². The summed E-state index contributed by atoms with van der Waals surface area (Å²) in [4.78, 5) is 62.7. The maximum absolute atomic E-state index is 12.9. The maximum Gasteiger partial charge on any atom is 0.326 e. The summed E-state index contributed by atoms with van der Waals surface area (Å²) in [6, 6.07) is 9.15. The Bertz CT molecular complexity index is 1220. The molecule has 1 heterocycles. The molecule has 39 heavy (non-hydrogen) atoms. The van der Waals surface area contributed by atoms with Crippen LogP contribution >= 0.6 is 35.0 Å². The molecule has 208 valence electrons. The van der Waals surface area contributed by atoms with Gasteiger partial charge in [-0.15, -0.1) is 11.8 Å². The summed E-state index contributed by atoms with van der Waals surface area (Å²) in [5, 5.41) is 15.4. The molecule has 1 fully saturated rings. The van der Waals surface area contributed by atoms with E-state index in [-0.39, 0.29) is 40.8 Å². The number of hydrogen-bond donors (Lipinski definition) is 3. The molecule has 1 aliphatic heterocycles. The normalized spacial score (nSPS) is 15.4. The van der Waals surface area contributed by atoms with E-state index in [1.807, 2.05) is 0 Å². The van der Waals surface area contributed by atoms with Gasteiger partial charge in [0.1, 0.15) is 12.1 Å². The standard InChI is InChI=1S/C26H27Cl2N3O7S/c1-38-22(33)7-3-6-21(32)31-14-39-13-20(31)24(34)30-19(26(36)37)12-15-8-10-16(11-9-15)29-25(35)23-17(27)4-2-5-18(23)28/h2,4-5,8-11,19-20H,3,6-7,12-14H2,1H3,(H,29,35)(H,30,34)(H,36,37)/t19-,20+/m0/s1. The number of nitrogens with zero attached hydrogens (tertiary/aromatic N) is 1. The minimum Gasteiger partial charge on any atom is -0.480 e.